The van der Waals surface area contributed by atoms with Gasteiger partial charge in [-0.1, -0.05) is 23.4 Å². The van der Waals surface area contributed by atoms with Gasteiger partial charge < -0.3 is 14.5 Å². The van der Waals surface area contributed by atoms with E-state index >= 15 is 0 Å². The number of benzene rings is 1. The molecule has 0 saturated carbocycles. The first-order valence-electron chi connectivity index (χ1n) is 5.59. The Labute approximate surface area is 105 Å². The van der Waals surface area contributed by atoms with Gasteiger partial charge in [-0.3, -0.25) is 4.79 Å². The molecule has 0 aliphatic carbocycles. The van der Waals surface area contributed by atoms with Crippen LogP contribution in [0.25, 0.3) is 0 Å². The third-order valence-electron chi connectivity index (χ3n) is 2.48. The van der Waals surface area contributed by atoms with Crippen LogP contribution in [0.15, 0.2) is 40.9 Å². The maximum Gasteiger partial charge on any atom is 0.323 e. The molecular formula is C13H14N2O3. The SMILES string of the molecule is Cc1cc(CN(CC(=O)O)c2ccccc2)no1. The van der Waals surface area contributed by atoms with E-state index in [1.807, 2.05) is 30.3 Å². The highest BCUT2D eigenvalue weighted by molar-refractivity contribution is 5.73. The van der Waals surface area contributed by atoms with Gasteiger partial charge in [0.2, 0.25) is 0 Å². The maximum absolute atomic E-state index is 10.9. The lowest BCUT2D eigenvalue weighted by Gasteiger charge is -2.21. The fraction of sp³-hybridized carbons (Fsp3) is 0.231. The molecule has 0 fully saturated rings. The number of carboxylic acid groups (broad SMARTS) is 1. The highest BCUT2D eigenvalue weighted by Crippen LogP contribution is 2.16. The molecule has 1 heterocycles. The zero-order valence-electron chi connectivity index (χ0n) is 10.0. The molecule has 5 heteroatoms. The number of hydrogen-bond acceptors (Lipinski definition) is 4. The molecule has 5 nitrogen and oxygen atoms in total. The van der Waals surface area contributed by atoms with Crippen LogP contribution >= 0.6 is 0 Å². The lowest BCUT2D eigenvalue weighted by Crippen LogP contribution is -2.29. The fourth-order valence-electron chi connectivity index (χ4n) is 1.73. The van der Waals surface area contributed by atoms with Gasteiger partial charge in [-0.05, 0) is 19.1 Å². The van der Waals surface area contributed by atoms with Crippen LogP contribution in [0.3, 0.4) is 0 Å². The van der Waals surface area contributed by atoms with Gasteiger partial charge in [-0.15, -0.1) is 0 Å². The first kappa shape index (κ1) is 12.2. The van der Waals surface area contributed by atoms with E-state index in [1.165, 1.54) is 0 Å². The average Bonchev–Trinajstić information content (AvgIpc) is 2.75. The molecule has 0 aliphatic rings. The molecule has 0 saturated heterocycles. The monoisotopic (exact) mass is 246 g/mol. The molecule has 0 bridgehead atoms. The molecule has 0 spiro atoms. The summed E-state index contributed by atoms with van der Waals surface area (Å²) >= 11 is 0. The second-order valence-corrected chi connectivity index (χ2v) is 4.01. The van der Waals surface area contributed by atoms with Gasteiger partial charge in [-0.25, -0.2) is 0 Å². The van der Waals surface area contributed by atoms with Crippen molar-refractivity contribution >= 4 is 11.7 Å². The smallest absolute Gasteiger partial charge is 0.323 e. The second-order valence-electron chi connectivity index (χ2n) is 4.01. The topological polar surface area (TPSA) is 66.6 Å². The van der Waals surface area contributed by atoms with E-state index in [9.17, 15) is 4.79 Å². The molecule has 1 N–H and O–H groups in total. The molecule has 0 radical (unpaired) electrons. The summed E-state index contributed by atoms with van der Waals surface area (Å²) in [7, 11) is 0. The summed E-state index contributed by atoms with van der Waals surface area (Å²) < 4.78 is 4.98. The minimum absolute atomic E-state index is 0.0735. The second kappa shape index (κ2) is 5.35. The number of carbonyl (C=O) groups is 1. The maximum atomic E-state index is 10.9. The number of aromatic nitrogens is 1. The first-order chi connectivity index (χ1) is 8.65. The van der Waals surface area contributed by atoms with E-state index in [2.05, 4.69) is 5.16 Å². The summed E-state index contributed by atoms with van der Waals surface area (Å²) in [5.41, 5.74) is 1.57. The molecule has 0 amide bonds. The molecule has 0 atom stereocenters. The Morgan fingerprint density at radius 2 is 2.11 bits per heavy atom. The van der Waals surface area contributed by atoms with Crippen molar-refractivity contribution in [3.63, 3.8) is 0 Å². The van der Waals surface area contributed by atoms with Crippen molar-refractivity contribution in [3.8, 4) is 0 Å². The van der Waals surface area contributed by atoms with E-state index in [1.54, 1.807) is 17.9 Å². The molecule has 1 aromatic carbocycles. The zero-order valence-corrected chi connectivity index (χ0v) is 10.0. The first-order valence-corrected chi connectivity index (χ1v) is 5.59. The van der Waals surface area contributed by atoms with Crippen LogP contribution in [-0.2, 0) is 11.3 Å². The van der Waals surface area contributed by atoms with Gasteiger partial charge in [0.25, 0.3) is 0 Å². The minimum atomic E-state index is -0.876. The van der Waals surface area contributed by atoms with Crippen LogP contribution in [0.1, 0.15) is 11.5 Å². The highest BCUT2D eigenvalue weighted by atomic mass is 16.5. The normalized spacial score (nSPS) is 10.3. The van der Waals surface area contributed by atoms with Gasteiger partial charge in [0.1, 0.15) is 18.0 Å². The summed E-state index contributed by atoms with van der Waals surface area (Å²) in [6.07, 6.45) is 0. The van der Waals surface area contributed by atoms with Crippen LogP contribution < -0.4 is 4.90 Å². The standard InChI is InChI=1S/C13H14N2O3/c1-10-7-11(14-18-10)8-15(9-13(16)17)12-5-3-2-4-6-12/h2-7H,8-9H2,1H3,(H,16,17). The summed E-state index contributed by atoms with van der Waals surface area (Å²) in [6, 6.07) is 11.2. The average molecular weight is 246 g/mol. The number of aryl methyl sites for hydroxylation is 1. The Kier molecular flexibility index (Phi) is 3.62. The third kappa shape index (κ3) is 3.10. The number of aliphatic carboxylic acids is 1. The number of anilines is 1. The highest BCUT2D eigenvalue weighted by Gasteiger charge is 2.13. The predicted molar refractivity (Wildman–Crippen MR) is 66.4 cm³/mol. The van der Waals surface area contributed by atoms with Crippen LogP contribution in [-0.4, -0.2) is 22.8 Å². The Hall–Kier alpha value is -2.30. The van der Waals surface area contributed by atoms with Gasteiger partial charge in [-0.2, -0.15) is 0 Å². The lowest BCUT2D eigenvalue weighted by molar-refractivity contribution is -0.135. The Bertz CT molecular complexity index is 522. The van der Waals surface area contributed by atoms with E-state index in [0.717, 1.165) is 11.4 Å². The summed E-state index contributed by atoms with van der Waals surface area (Å²) in [6.45, 7) is 2.14. The lowest BCUT2D eigenvalue weighted by atomic mass is 10.2. The number of rotatable bonds is 5. The molecular weight excluding hydrogens is 232 g/mol. The van der Waals surface area contributed by atoms with Gasteiger partial charge in [0.05, 0.1) is 6.54 Å². The number of carboxylic acids is 1. The van der Waals surface area contributed by atoms with E-state index in [4.69, 9.17) is 9.63 Å². The Balaban J connectivity index is 2.18. The Morgan fingerprint density at radius 1 is 1.39 bits per heavy atom. The Morgan fingerprint density at radius 3 is 2.67 bits per heavy atom. The summed E-state index contributed by atoms with van der Waals surface area (Å²) in [5, 5.41) is 12.8. The van der Waals surface area contributed by atoms with Gasteiger partial charge in [0.15, 0.2) is 0 Å². The zero-order chi connectivity index (χ0) is 13.0. The number of hydrogen-bond donors (Lipinski definition) is 1. The van der Waals surface area contributed by atoms with E-state index in [-0.39, 0.29) is 6.54 Å². The molecule has 2 aromatic rings. The largest absolute Gasteiger partial charge is 0.480 e. The van der Waals surface area contributed by atoms with Crippen LogP contribution in [0.5, 0.6) is 0 Å². The van der Waals surface area contributed by atoms with Crippen molar-refractivity contribution in [3.05, 3.63) is 47.9 Å². The quantitative estimate of drug-likeness (QED) is 0.874. The van der Waals surface area contributed by atoms with Crippen molar-refractivity contribution < 1.29 is 14.4 Å². The molecule has 18 heavy (non-hydrogen) atoms. The van der Waals surface area contributed by atoms with Crippen molar-refractivity contribution in [2.24, 2.45) is 0 Å². The van der Waals surface area contributed by atoms with Crippen molar-refractivity contribution in [2.75, 3.05) is 11.4 Å². The number of para-hydroxylation sites is 1. The van der Waals surface area contributed by atoms with Crippen LogP contribution in [0, 0.1) is 6.92 Å². The third-order valence-corrected chi connectivity index (χ3v) is 2.48. The van der Waals surface area contributed by atoms with E-state index < -0.39 is 5.97 Å². The van der Waals surface area contributed by atoms with Crippen molar-refractivity contribution in [1.82, 2.24) is 5.16 Å². The van der Waals surface area contributed by atoms with Gasteiger partial charge in [0, 0.05) is 11.8 Å². The molecule has 2 rings (SSSR count). The minimum Gasteiger partial charge on any atom is -0.480 e. The fourth-order valence-corrected chi connectivity index (χ4v) is 1.73. The van der Waals surface area contributed by atoms with Crippen molar-refractivity contribution in [1.29, 1.82) is 0 Å². The summed E-state index contributed by atoms with van der Waals surface area (Å²) in [5.74, 6) is -0.160. The summed E-state index contributed by atoms with van der Waals surface area (Å²) in [4.78, 5) is 12.6. The molecule has 94 valence electrons. The molecule has 0 aliphatic heterocycles. The van der Waals surface area contributed by atoms with E-state index in [0.29, 0.717) is 12.3 Å². The van der Waals surface area contributed by atoms with Crippen LogP contribution in [0.4, 0.5) is 5.69 Å². The van der Waals surface area contributed by atoms with Gasteiger partial charge >= 0.3 is 5.97 Å². The number of nitrogens with zero attached hydrogens (tertiary/aromatic N) is 2. The van der Waals surface area contributed by atoms with Crippen molar-refractivity contribution in [2.45, 2.75) is 13.5 Å². The predicted octanol–water partition coefficient (Wildman–Crippen LogP) is 2.07. The molecule has 1 aromatic heterocycles. The van der Waals surface area contributed by atoms with Crippen LogP contribution in [0.2, 0.25) is 0 Å². The molecule has 0 unspecified atom stereocenters.